The molecule has 0 spiro atoms. The van der Waals surface area contributed by atoms with Gasteiger partial charge < -0.3 is 16.0 Å². The summed E-state index contributed by atoms with van der Waals surface area (Å²) >= 11 is 0. The van der Waals surface area contributed by atoms with Gasteiger partial charge in [-0.3, -0.25) is 4.79 Å². The Morgan fingerprint density at radius 3 is 2.44 bits per heavy atom. The van der Waals surface area contributed by atoms with Crippen LogP contribution in [0.15, 0.2) is 24.3 Å². The second kappa shape index (κ2) is 7.01. The first-order chi connectivity index (χ1) is 8.52. The fraction of sp³-hybridized carbons (Fsp3) is 0.500. The average Bonchev–Trinajstić information content (AvgIpc) is 2.36. The number of carbonyl (C=O) groups is 1. The zero-order valence-corrected chi connectivity index (χ0v) is 11.4. The van der Waals surface area contributed by atoms with E-state index in [2.05, 4.69) is 5.32 Å². The van der Waals surface area contributed by atoms with Gasteiger partial charge in [0.25, 0.3) is 0 Å². The van der Waals surface area contributed by atoms with Gasteiger partial charge >= 0.3 is 0 Å². The van der Waals surface area contributed by atoms with E-state index < -0.39 is 0 Å². The van der Waals surface area contributed by atoms with Gasteiger partial charge in [-0.1, -0.05) is 19.1 Å². The molecule has 0 aliphatic heterocycles. The Kier molecular flexibility index (Phi) is 5.65. The Labute approximate surface area is 109 Å². The Morgan fingerprint density at radius 1 is 1.33 bits per heavy atom. The second-order valence-electron chi connectivity index (χ2n) is 4.71. The van der Waals surface area contributed by atoms with Gasteiger partial charge in [0.15, 0.2) is 0 Å². The Balaban J connectivity index is 2.41. The molecule has 3 N–H and O–H groups in total. The molecule has 0 saturated heterocycles. The fourth-order valence-corrected chi connectivity index (χ4v) is 1.57. The summed E-state index contributed by atoms with van der Waals surface area (Å²) in [6.45, 7) is 2.54. The highest BCUT2D eigenvalue weighted by molar-refractivity contribution is 5.76. The number of nitrogens with one attached hydrogen (secondary N) is 1. The number of rotatable bonds is 6. The van der Waals surface area contributed by atoms with Crippen molar-refractivity contribution in [2.24, 2.45) is 5.73 Å². The number of carbonyl (C=O) groups excluding carboxylic acids is 1. The van der Waals surface area contributed by atoms with Crippen molar-refractivity contribution in [3.8, 4) is 0 Å². The molecule has 0 aromatic heterocycles. The van der Waals surface area contributed by atoms with E-state index >= 15 is 0 Å². The lowest BCUT2D eigenvalue weighted by molar-refractivity contribution is -0.121. The molecule has 4 nitrogen and oxygen atoms in total. The molecular weight excluding hydrogens is 226 g/mol. The Hall–Kier alpha value is -1.55. The molecule has 0 aliphatic rings. The lowest BCUT2D eigenvalue weighted by Crippen LogP contribution is -2.30. The molecule has 0 saturated carbocycles. The molecule has 0 radical (unpaired) electrons. The maximum Gasteiger partial charge on any atom is 0.221 e. The van der Waals surface area contributed by atoms with Crippen LogP contribution in [-0.2, 0) is 11.3 Å². The Bertz CT molecular complexity index is 373. The van der Waals surface area contributed by atoms with Crippen LogP contribution >= 0.6 is 0 Å². The van der Waals surface area contributed by atoms with E-state index in [0.29, 0.717) is 13.0 Å². The number of hydrogen-bond donors (Lipinski definition) is 2. The highest BCUT2D eigenvalue weighted by Crippen LogP contribution is 2.11. The first-order valence-corrected chi connectivity index (χ1v) is 6.31. The molecule has 0 aliphatic carbocycles. The van der Waals surface area contributed by atoms with Crippen molar-refractivity contribution in [2.45, 2.75) is 32.4 Å². The van der Waals surface area contributed by atoms with Crippen molar-refractivity contribution in [3.63, 3.8) is 0 Å². The number of benzene rings is 1. The van der Waals surface area contributed by atoms with Crippen molar-refractivity contribution in [1.29, 1.82) is 0 Å². The van der Waals surface area contributed by atoms with Gasteiger partial charge in [0.1, 0.15) is 0 Å². The second-order valence-corrected chi connectivity index (χ2v) is 4.71. The van der Waals surface area contributed by atoms with Crippen LogP contribution in [0.3, 0.4) is 0 Å². The van der Waals surface area contributed by atoms with Crippen LogP contribution in [0.1, 0.15) is 25.3 Å². The SMILES string of the molecule is CCC(N)CC(=O)NCc1ccc(N(C)C)cc1. The number of anilines is 1. The molecule has 1 unspecified atom stereocenters. The van der Waals surface area contributed by atoms with Gasteiger partial charge in [0.2, 0.25) is 5.91 Å². The highest BCUT2D eigenvalue weighted by Gasteiger charge is 2.06. The van der Waals surface area contributed by atoms with E-state index in [1.54, 1.807) is 0 Å². The maximum atomic E-state index is 11.6. The molecule has 0 fully saturated rings. The summed E-state index contributed by atoms with van der Waals surface area (Å²) in [7, 11) is 4.01. The molecule has 1 rings (SSSR count). The van der Waals surface area contributed by atoms with E-state index in [0.717, 1.165) is 17.7 Å². The standard InChI is InChI=1S/C14H23N3O/c1-4-12(15)9-14(18)16-10-11-5-7-13(8-6-11)17(2)3/h5-8,12H,4,9-10,15H2,1-3H3,(H,16,18). The van der Waals surface area contributed by atoms with Crippen LogP contribution in [-0.4, -0.2) is 26.0 Å². The zero-order chi connectivity index (χ0) is 13.5. The Morgan fingerprint density at radius 2 is 1.94 bits per heavy atom. The van der Waals surface area contributed by atoms with E-state index in [1.165, 1.54) is 0 Å². The third kappa shape index (κ3) is 4.75. The minimum absolute atomic E-state index is 0.0148. The quantitative estimate of drug-likeness (QED) is 0.803. The number of hydrogen-bond acceptors (Lipinski definition) is 3. The summed E-state index contributed by atoms with van der Waals surface area (Å²) in [5, 5.41) is 2.88. The van der Waals surface area contributed by atoms with Crippen molar-refractivity contribution in [1.82, 2.24) is 5.32 Å². The van der Waals surface area contributed by atoms with E-state index in [-0.39, 0.29) is 11.9 Å². The summed E-state index contributed by atoms with van der Waals surface area (Å²) in [4.78, 5) is 13.6. The predicted octanol–water partition coefficient (Wildman–Crippen LogP) is 1.50. The van der Waals surface area contributed by atoms with Crippen molar-refractivity contribution < 1.29 is 4.79 Å². The normalized spacial score (nSPS) is 12.0. The van der Waals surface area contributed by atoms with Crippen LogP contribution in [0.25, 0.3) is 0 Å². The molecule has 0 bridgehead atoms. The molecular formula is C14H23N3O. The molecule has 4 heteroatoms. The maximum absolute atomic E-state index is 11.6. The van der Waals surface area contributed by atoms with E-state index in [9.17, 15) is 4.79 Å². The van der Waals surface area contributed by atoms with Gasteiger partial charge in [-0.15, -0.1) is 0 Å². The van der Waals surface area contributed by atoms with Crippen LogP contribution in [0.4, 0.5) is 5.69 Å². The van der Waals surface area contributed by atoms with Crippen LogP contribution < -0.4 is 16.0 Å². The number of amides is 1. The third-order valence-electron chi connectivity index (χ3n) is 2.91. The first kappa shape index (κ1) is 14.5. The largest absolute Gasteiger partial charge is 0.378 e. The minimum atomic E-state index is -0.0406. The van der Waals surface area contributed by atoms with Gasteiger partial charge in [-0.25, -0.2) is 0 Å². The highest BCUT2D eigenvalue weighted by atomic mass is 16.1. The van der Waals surface area contributed by atoms with Crippen molar-refractivity contribution in [3.05, 3.63) is 29.8 Å². The predicted molar refractivity (Wildman–Crippen MR) is 75.5 cm³/mol. The molecule has 100 valence electrons. The van der Waals surface area contributed by atoms with Crippen molar-refractivity contribution in [2.75, 3.05) is 19.0 Å². The molecule has 1 aromatic rings. The van der Waals surface area contributed by atoms with Crippen molar-refractivity contribution >= 4 is 11.6 Å². The summed E-state index contributed by atoms with van der Waals surface area (Å²) < 4.78 is 0. The summed E-state index contributed by atoms with van der Waals surface area (Å²) in [6.07, 6.45) is 1.22. The van der Waals surface area contributed by atoms with Crippen LogP contribution in [0.5, 0.6) is 0 Å². The number of nitrogens with zero attached hydrogens (tertiary/aromatic N) is 1. The van der Waals surface area contributed by atoms with Gasteiger partial charge in [0.05, 0.1) is 0 Å². The lowest BCUT2D eigenvalue weighted by Gasteiger charge is -2.13. The summed E-state index contributed by atoms with van der Waals surface area (Å²) in [5.41, 5.74) is 7.98. The molecule has 1 amide bonds. The first-order valence-electron chi connectivity index (χ1n) is 6.31. The summed E-state index contributed by atoms with van der Waals surface area (Å²) in [6, 6.07) is 8.09. The van der Waals surface area contributed by atoms with Crippen LogP contribution in [0.2, 0.25) is 0 Å². The van der Waals surface area contributed by atoms with Crippen LogP contribution in [0, 0.1) is 0 Å². The summed E-state index contributed by atoms with van der Waals surface area (Å²) in [5.74, 6) is 0.0148. The monoisotopic (exact) mass is 249 g/mol. The third-order valence-corrected chi connectivity index (χ3v) is 2.91. The van der Waals surface area contributed by atoms with E-state index in [1.807, 2.05) is 50.2 Å². The number of nitrogens with two attached hydrogens (primary N) is 1. The average molecular weight is 249 g/mol. The van der Waals surface area contributed by atoms with Gasteiger partial charge in [-0.2, -0.15) is 0 Å². The van der Waals surface area contributed by atoms with E-state index in [4.69, 9.17) is 5.73 Å². The molecule has 0 heterocycles. The lowest BCUT2D eigenvalue weighted by atomic mass is 10.1. The topological polar surface area (TPSA) is 58.4 Å². The molecule has 1 aromatic carbocycles. The molecule has 1 atom stereocenters. The minimum Gasteiger partial charge on any atom is -0.378 e. The van der Waals surface area contributed by atoms with Gasteiger partial charge in [-0.05, 0) is 24.1 Å². The van der Waals surface area contributed by atoms with Gasteiger partial charge in [0, 0.05) is 38.8 Å². The smallest absolute Gasteiger partial charge is 0.221 e. The molecule has 18 heavy (non-hydrogen) atoms. The zero-order valence-electron chi connectivity index (χ0n) is 11.4. The fourth-order valence-electron chi connectivity index (χ4n) is 1.57.